The number of hydrogen-bond donors (Lipinski definition) is 3. The van der Waals surface area contributed by atoms with Gasteiger partial charge in [-0.05, 0) is 55.4 Å². The van der Waals surface area contributed by atoms with Crippen molar-refractivity contribution < 1.29 is 4.79 Å². The normalized spacial score (nSPS) is 19.1. The molecule has 1 saturated carbocycles. The lowest BCUT2D eigenvalue weighted by atomic mass is 9.88. The quantitative estimate of drug-likeness (QED) is 0.612. The number of anilines is 2. The van der Waals surface area contributed by atoms with Crippen LogP contribution in [-0.2, 0) is 18.6 Å². The lowest BCUT2D eigenvalue weighted by Gasteiger charge is -2.36. The van der Waals surface area contributed by atoms with Crippen LogP contribution < -0.4 is 21.9 Å². The first-order valence-corrected chi connectivity index (χ1v) is 9.60. The average Bonchev–Trinajstić information content (AvgIpc) is 2.96. The third kappa shape index (κ3) is 2.21. The molecule has 1 fully saturated rings. The largest absolute Gasteiger partial charge is 0.350 e. The highest BCUT2D eigenvalue weighted by Crippen LogP contribution is 2.40. The van der Waals surface area contributed by atoms with Gasteiger partial charge >= 0.3 is 0 Å². The average molecular weight is 365 g/mol. The van der Waals surface area contributed by atoms with Crippen LogP contribution in [0.25, 0.3) is 0 Å². The van der Waals surface area contributed by atoms with Crippen LogP contribution in [0.2, 0.25) is 0 Å². The van der Waals surface area contributed by atoms with Gasteiger partial charge in [0.2, 0.25) is 0 Å². The van der Waals surface area contributed by atoms with Crippen molar-refractivity contribution >= 4 is 17.3 Å². The molecule has 7 heteroatoms. The number of rotatable bonds is 1. The van der Waals surface area contributed by atoms with E-state index in [2.05, 4.69) is 15.6 Å². The molecule has 1 spiro atoms. The van der Waals surface area contributed by atoms with E-state index in [0.717, 1.165) is 60.2 Å². The standard InChI is InChI=1S/C20H23N5O2/c1-11-14-7-12-10-22-13(9-21)8-15(12)23-16(14)19(27)25-17(11)18(26)24-20(25)5-3-2-4-6-20/h8,10,23H,2-7,9,21H2,1H3,(H,24,26). The van der Waals surface area contributed by atoms with E-state index in [-0.39, 0.29) is 11.5 Å². The van der Waals surface area contributed by atoms with Crippen LogP contribution in [0.15, 0.2) is 17.1 Å². The molecule has 27 heavy (non-hydrogen) atoms. The van der Waals surface area contributed by atoms with Crippen LogP contribution in [-0.4, -0.2) is 15.5 Å². The maximum absolute atomic E-state index is 13.5. The summed E-state index contributed by atoms with van der Waals surface area (Å²) in [6.45, 7) is 2.30. The molecule has 2 aromatic heterocycles. The lowest BCUT2D eigenvalue weighted by Crippen LogP contribution is -2.49. The number of carbonyl (C=O) groups is 1. The Bertz CT molecular complexity index is 1030. The number of nitrogens with one attached hydrogen (secondary N) is 2. The zero-order valence-electron chi connectivity index (χ0n) is 15.4. The van der Waals surface area contributed by atoms with Gasteiger partial charge in [-0.25, -0.2) is 0 Å². The molecule has 1 amide bonds. The second kappa shape index (κ2) is 5.66. The first-order valence-electron chi connectivity index (χ1n) is 9.60. The first kappa shape index (κ1) is 16.5. The molecular formula is C20H23N5O2. The molecule has 7 nitrogen and oxygen atoms in total. The van der Waals surface area contributed by atoms with Gasteiger partial charge in [-0.3, -0.25) is 19.1 Å². The highest BCUT2D eigenvalue weighted by Gasteiger charge is 2.46. The maximum Gasteiger partial charge on any atom is 0.277 e. The molecule has 0 radical (unpaired) electrons. The first-order chi connectivity index (χ1) is 13.0. The van der Waals surface area contributed by atoms with Crippen molar-refractivity contribution in [3.05, 3.63) is 50.7 Å². The van der Waals surface area contributed by atoms with Gasteiger partial charge in [0, 0.05) is 24.8 Å². The number of carbonyl (C=O) groups excluding carboxylic acids is 1. The molecule has 0 atom stereocenters. The Morgan fingerprint density at radius 2 is 2.04 bits per heavy atom. The highest BCUT2D eigenvalue weighted by molar-refractivity contribution is 5.98. The molecule has 0 saturated heterocycles. The Balaban J connectivity index is 1.72. The van der Waals surface area contributed by atoms with E-state index in [1.807, 2.05) is 13.0 Å². The molecule has 140 valence electrons. The zero-order chi connectivity index (χ0) is 18.8. The van der Waals surface area contributed by atoms with Gasteiger partial charge in [-0.2, -0.15) is 0 Å². The molecule has 4 N–H and O–H groups in total. The van der Waals surface area contributed by atoms with Crippen molar-refractivity contribution in [2.24, 2.45) is 5.73 Å². The van der Waals surface area contributed by atoms with E-state index in [9.17, 15) is 9.59 Å². The van der Waals surface area contributed by atoms with Gasteiger partial charge in [-0.1, -0.05) is 6.42 Å². The van der Waals surface area contributed by atoms with Crippen molar-refractivity contribution in [1.29, 1.82) is 0 Å². The third-order valence-electron chi connectivity index (χ3n) is 6.30. The molecule has 1 aliphatic carbocycles. The lowest BCUT2D eigenvalue weighted by molar-refractivity contribution is 0.0876. The summed E-state index contributed by atoms with van der Waals surface area (Å²) in [6, 6.07) is 1.91. The number of nitrogens with zero attached hydrogens (tertiary/aromatic N) is 2. The van der Waals surface area contributed by atoms with Crippen molar-refractivity contribution in [3.63, 3.8) is 0 Å². The fraction of sp³-hybridized carbons (Fsp3) is 0.450. The van der Waals surface area contributed by atoms with E-state index < -0.39 is 5.66 Å². The molecule has 0 bridgehead atoms. The minimum absolute atomic E-state index is 0.109. The second-order valence-corrected chi connectivity index (χ2v) is 7.85. The smallest absolute Gasteiger partial charge is 0.277 e. The number of pyridine rings is 2. The van der Waals surface area contributed by atoms with Crippen molar-refractivity contribution in [1.82, 2.24) is 14.9 Å². The van der Waals surface area contributed by atoms with Crippen LogP contribution in [0.1, 0.15) is 65.0 Å². The van der Waals surface area contributed by atoms with Crippen molar-refractivity contribution in [2.75, 3.05) is 5.32 Å². The van der Waals surface area contributed by atoms with Gasteiger partial charge in [0.25, 0.3) is 11.5 Å². The molecule has 0 aromatic carbocycles. The second-order valence-electron chi connectivity index (χ2n) is 7.85. The number of nitrogens with two attached hydrogens (primary N) is 1. The van der Waals surface area contributed by atoms with E-state index >= 15 is 0 Å². The molecular weight excluding hydrogens is 342 g/mol. The summed E-state index contributed by atoms with van der Waals surface area (Å²) in [6.07, 6.45) is 7.19. The Morgan fingerprint density at radius 1 is 1.26 bits per heavy atom. The summed E-state index contributed by atoms with van der Waals surface area (Å²) < 4.78 is 1.74. The minimum atomic E-state index is -0.565. The van der Waals surface area contributed by atoms with Gasteiger partial charge in [0.05, 0.1) is 5.69 Å². The number of aromatic nitrogens is 2. The molecule has 4 heterocycles. The van der Waals surface area contributed by atoms with Gasteiger partial charge in [0.15, 0.2) is 0 Å². The summed E-state index contributed by atoms with van der Waals surface area (Å²) in [5.41, 5.74) is 10.6. The van der Waals surface area contributed by atoms with Crippen LogP contribution >= 0.6 is 0 Å². The SMILES string of the molecule is Cc1c2c(c(=O)n3c1C(=O)NC31CCCCC1)Nc1cc(CN)ncc1C2. The number of fused-ring (bicyclic) bond motifs is 4. The van der Waals surface area contributed by atoms with E-state index in [1.54, 1.807) is 10.8 Å². The Morgan fingerprint density at radius 3 is 2.78 bits per heavy atom. The maximum atomic E-state index is 13.5. The fourth-order valence-corrected chi connectivity index (χ4v) is 4.90. The summed E-state index contributed by atoms with van der Waals surface area (Å²) in [5, 5.41) is 6.47. The van der Waals surface area contributed by atoms with Gasteiger partial charge < -0.3 is 16.4 Å². The minimum Gasteiger partial charge on any atom is -0.350 e. The van der Waals surface area contributed by atoms with Crippen molar-refractivity contribution in [3.8, 4) is 0 Å². The Hall–Kier alpha value is -2.67. The van der Waals surface area contributed by atoms with Crippen molar-refractivity contribution in [2.45, 2.75) is 57.7 Å². The summed E-state index contributed by atoms with van der Waals surface area (Å²) >= 11 is 0. The Kier molecular flexibility index (Phi) is 3.46. The molecule has 2 aromatic rings. The van der Waals surface area contributed by atoms with Crippen LogP contribution in [0.3, 0.4) is 0 Å². The van der Waals surface area contributed by atoms with Crippen LogP contribution in [0.5, 0.6) is 0 Å². The third-order valence-corrected chi connectivity index (χ3v) is 6.30. The number of amides is 1. The predicted octanol–water partition coefficient (Wildman–Crippen LogP) is 2.02. The Labute approximate surface area is 157 Å². The molecule has 3 aliphatic rings. The molecule has 2 aliphatic heterocycles. The van der Waals surface area contributed by atoms with Gasteiger partial charge in [0.1, 0.15) is 17.0 Å². The van der Waals surface area contributed by atoms with Crippen LogP contribution in [0, 0.1) is 6.92 Å². The molecule has 0 unspecified atom stereocenters. The van der Waals surface area contributed by atoms with E-state index in [1.165, 1.54) is 0 Å². The zero-order valence-corrected chi connectivity index (χ0v) is 15.4. The summed E-state index contributed by atoms with van der Waals surface area (Å²) in [7, 11) is 0. The van der Waals surface area contributed by atoms with E-state index in [0.29, 0.717) is 24.3 Å². The fourth-order valence-electron chi connectivity index (χ4n) is 4.90. The monoisotopic (exact) mass is 365 g/mol. The predicted molar refractivity (Wildman–Crippen MR) is 102 cm³/mol. The summed E-state index contributed by atoms with van der Waals surface area (Å²) in [5.74, 6) is -0.128. The molecule has 5 rings (SSSR count). The van der Waals surface area contributed by atoms with Gasteiger partial charge in [-0.15, -0.1) is 0 Å². The highest BCUT2D eigenvalue weighted by atomic mass is 16.2. The topological polar surface area (TPSA) is 102 Å². The van der Waals surface area contributed by atoms with Crippen LogP contribution in [0.4, 0.5) is 11.4 Å². The van der Waals surface area contributed by atoms with E-state index in [4.69, 9.17) is 5.73 Å². The summed E-state index contributed by atoms with van der Waals surface area (Å²) in [4.78, 5) is 30.7. The number of hydrogen-bond acceptors (Lipinski definition) is 5.